The second-order valence-electron chi connectivity index (χ2n) is 2.34. The fraction of sp³-hybridized carbons (Fsp3) is 0.571. The number of oxime groups is 1. The molecule has 66 valence electrons. The Kier molecular flexibility index (Phi) is 2.79. The van der Waals surface area contributed by atoms with E-state index in [0.29, 0.717) is 6.61 Å². The standard InChI is InChI=1S/C7H12N4O/c1-4-12-9-6(2)7-5-8-10-11(7)3/h5H,4H2,1-3H3/b9-6+. The first kappa shape index (κ1) is 8.70. The quantitative estimate of drug-likeness (QED) is 0.490. The topological polar surface area (TPSA) is 52.3 Å². The minimum atomic E-state index is 0.572. The van der Waals surface area contributed by atoms with Crippen LogP contribution in [0.2, 0.25) is 0 Å². The third-order valence-electron chi connectivity index (χ3n) is 1.42. The second-order valence-corrected chi connectivity index (χ2v) is 2.34. The Morgan fingerprint density at radius 3 is 3.00 bits per heavy atom. The number of nitrogens with zero attached hydrogens (tertiary/aromatic N) is 4. The van der Waals surface area contributed by atoms with Gasteiger partial charge in [-0.25, -0.2) is 4.68 Å². The molecule has 0 spiro atoms. The highest BCUT2D eigenvalue weighted by Crippen LogP contribution is 1.96. The van der Waals surface area contributed by atoms with Crippen LogP contribution >= 0.6 is 0 Å². The molecule has 0 bridgehead atoms. The molecule has 0 atom stereocenters. The Morgan fingerprint density at radius 1 is 1.75 bits per heavy atom. The van der Waals surface area contributed by atoms with Crippen LogP contribution in [0, 0.1) is 0 Å². The average molecular weight is 168 g/mol. The van der Waals surface area contributed by atoms with Crippen molar-refractivity contribution in [3.8, 4) is 0 Å². The lowest BCUT2D eigenvalue weighted by molar-refractivity contribution is 0.158. The minimum Gasteiger partial charge on any atom is -0.396 e. The maximum atomic E-state index is 4.89. The largest absolute Gasteiger partial charge is 0.396 e. The van der Waals surface area contributed by atoms with Crippen molar-refractivity contribution < 1.29 is 4.84 Å². The van der Waals surface area contributed by atoms with Gasteiger partial charge in [-0.05, 0) is 13.8 Å². The highest BCUT2D eigenvalue weighted by Gasteiger charge is 2.02. The first-order chi connectivity index (χ1) is 5.75. The molecular formula is C7H12N4O. The van der Waals surface area contributed by atoms with Gasteiger partial charge in [0.25, 0.3) is 0 Å². The van der Waals surface area contributed by atoms with Crippen molar-refractivity contribution in [2.24, 2.45) is 12.2 Å². The minimum absolute atomic E-state index is 0.572. The Labute approximate surface area is 71.0 Å². The van der Waals surface area contributed by atoms with Crippen molar-refractivity contribution >= 4 is 5.71 Å². The highest BCUT2D eigenvalue weighted by atomic mass is 16.6. The SMILES string of the molecule is CCO/N=C(\C)c1cnnn1C. The monoisotopic (exact) mass is 168 g/mol. The van der Waals surface area contributed by atoms with Gasteiger partial charge in [-0.1, -0.05) is 10.4 Å². The van der Waals surface area contributed by atoms with E-state index in [1.807, 2.05) is 20.9 Å². The molecule has 0 saturated heterocycles. The summed E-state index contributed by atoms with van der Waals surface area (Å²) in [5.74, 6) is 0. The smallest absolute Gasteiger partial charge is 0.114 e. The zero-order valence-electron chi connectivity index (χ0n) is 7.48. The summed E-state index contributed by atoms with van der Waals surface area (Å²) >= 11 is 0. The van der Waals surface area contributed by atoms with Gasteiger partial charge in [0.05, 0.1) is 6.20 Å². The molecule has 0 aromatic carbocycles. The molecule has 5 heteroatoms. The van der Waals surface area contributed by atoms with Crippen LogP contribution in [0.5, 0.6) is 0 Å². The van der Waals surface area contributed by atoms with Gasteiger partial charge in [0.15, 0.2) is 0 Å². The molecule has 12 heavy (non-hydrogen) atoms. The Balaban J connectivity index is 2.77. The van der Waals surface area contributed by atoms with E-state index in [4.69, 9.17) is 4.84 Å². The van der Waals surface area contributed by atoms with E-state index >= 15 is 0 Å². The zero-order valence-corrected chi connectivity index (χ0v) is 7.48. The molecule has 1 rings (SSSR count). The summed E-state index contributed by atoms with van der Waals surface area (Å²) in [5, 5.41) is 11.4. The van der Waals surface area contributed by atoms with Crippen molar-refractivity contribution in [2.75, 3.05) is 6.61 Å². The lowest BCUT2D eigenvalue weighted by Crippen LogP contribution is -2.04. The van der Waals surface area contributed by atoms with Crippen LogP contribution in [0.25, 0.3) is 0 Å². The van der Waals surface area contributed by atoms with Crippen molar-refractivity contribution in [1.29, 1.82) is 0 Å². The van der Waals surface area contributed by atoms with Crippen LogP contribution in [0.4, 0.5) is 0 Å². The summed E-state index contributed by atoms with van der Waals surface area (Å²) in [4.78, 5) is 4.89. The number of hydrogen-bond acceptors (Lipinski definition) is 4. The summed E-state index contributed by atoms with van der Waals surface area (Å²) in [7, 11) is 1.81. The average Bonchev–Trinajstić information content (AvgIpc) is 2.47. The fourth-order valence-corrected chi connectivity index (χ4v) is 0.825. The highest BCUT2D eigenvalue weighted by molar-refractivity contribution is 5.96. The van der Waals surface area contributed by atoms with Gasteiger partial charge >= 0.3 is 0 Å². The van der Waals surface area contributed by atoms with Crippen molar-refractivity contribution in [3.05, 3.63) is 11.9 Å². The Morgan fingerprint density at radius 2 is 2.50 bits per heavy atom. The van der Waals surface area contributed by atoms with Crippen LogP contribution in [-0.4, -0.2) is 27.3 Å². The summed E-state index contributed by atoms with van der Waals surface area (Å²) in [6, 6.07) is 0. The van der Waals surface area contributed by atoms with Gasteiger partial charge in [-0.15, -0.1) is 5.10 Å². The molecule has 0 fully saturated rings. The molecule has 0 N–H and O–H groups in total. The predicted octanol–water partition coefficient (Wildman–Crippen LogP) is 0.576. The third kappa shape index (κ3) is 1.81. The summed E-state index contributed by atoms with van der Waals surface area (Å²) in [6.07, 6.45) is 1.65. The van der Waals surface area contributed by atoms with Gasteiger partial charge in [-0.2, -0.15) is 0 Å². The van der Waals surface area contributed by atoms with E-state index in [9.17, 15) is 0 Å². The molecule has 0 amide bonds. The van der Waals surface area contributed by atoms with E-state index in [2.05, 4.69) is 15.5 Å². The Bertz CT molecular complexity index is 279. The molecule has 0 unspecified atom stereocenters. The number of aryl methyl sites for hydroxylation is 1. The fourth-order valence-electron chi connectivity index (χ4n) is 0.825. The lowest BCUT2D eigenvalue weighted by Gasteiger charge is -1.98. The maximum absolute atomic E-state index is 4.89. The van der Waals surface area contributed by atoms with E-state index in [-0.39, 0.29) is 0 Å². The van der Waals surface area contributed by atoms with E-state index in [1.54, 1.807) is 10.9 Å². The molecule has 5 nitrogen and oxygen atoms in total. The lowest BCUT2D eigenvalue weighted by atomic mass is 10.3. The molecule has 1 aromatic heterocycles. The van der Waals surface area contributed by atoms with Gasteiger partial charge in [0.2, 0.25) is 0 Å². The van der Waals surface area contributed by atoms with Gasteiger partial charge in [-0.3, -0.25) is 0 Å². The predicted molar refractivity (Wildman–Crippen MR) is 44.8 cm³/mol. The molecule has 0 aliphatic rings. The van der Waals surface area contributed by atoms with Crippen LogP contribution < -0.4 is 0 Å². The van der Waals surface area contributed by atoms with Gasteiger partial charge in [0.1, 0.15) is 18.0 Å². The first-order valence-electron chi connectivity index (χ1n) is 3.77. The van der Waals surface area contributed by atoms with Crippen molar-refractivity contribution in [1.82, 2.24) is 15.0 Å². The van der Waals surface area contributed by atoms with Crippen LogP contribution in [0.1, 0.15) is 19.5 Å². The summed E-state index contributed by atoms with van der Waals surface area (Å²) in [5.41, 5.74) is 1.65. The molecule has 0 aliphatic carbocycles. The summed E-state index contributed by atoms with van der Waals surface area (Å²) in [6.45, 7) is 4.31. The number of hydrogen-bond donors (Lipinski definition) is 0. The number of aromatic nitrogens is 3. The first-order valence-corrected chi connectivity index (χ1v) is 3.77. The zero-order chi connectivity index (χ0) is 8.97. The normalized spacial score (nSPS) is 11.8. The van der Waals surface area contributed by atoms with Gasteiger partial charge in [0, 0.05) is 7.05 Å². The molecular weight excluding hydrogens is 156 g/mol. The molecule has 0 saturated carbocycles. The molecule has 0 aliphatic heterocycles. The second kappa shape index (κ2) is 3.85. The number of rotatable bonds is 3. The molecule has 1 heterocycles. The van der Waals surface area contributed by atoms with Crippen LogP contribution in [0.3, 0.4) is 0 Å². The van der Waals surface area contributed by atoms with Crippen LogP contribution in [0.15, 0.2) is 11.4 Å². The van der Waals surface area contributed by atoms with Crippen molar-refractivity contribution in [2.45, 2.75) is 13.8 Å². The van der Waals surface area contributed by atoms with E-state index in [0.717, 1.165) is 11.4 Å². The Hall–Kier alpha value is -1.39. The summed E-state index contributed by atoms with van der Waals surface area (Å²) < 4.78 is 1.65. The molecule has 0 radical (unpaired) electrons. The van der Waals surface area contributed by atoms with Crippen LogP contribution in [-0.2, 0) is 11.9 Å². The molecule has 1 aromatic rings. The van der Waals surface area contributed by atoms with E-state index in [1.165, 1.54) is 0 Å². The van der Waals surface area contributed by atoms with E-state index < -0.39 is 0 Å². The maximum Gasteiger partial charge on any atom is 0.114 e. The van der Waals surface area contributed by atoms with Crippen molar-refractivity contribution in [3.63, 3.8) is 0 Å². The van der Waals surface area contributed by atoms with Gasteiger partial charge < -0.3 is 4.84 Å². The third-order valence-corrected chi connectivity index (χ3v) is 1.42.